The van der Waals surface area contributed by atoms with Crippen LogP contribution in [0.4, 0.5) is 0 Å². The molecule has 0 spiro atoms. The van der Waals surface area contributed by atoms with Crippen LogP contribution in [0.5, 0.6) is 0 Å². The van der Waals surface area contributed by atoms with Crippen molar-refractivity contribution in [2.45, 2.75) is 52.3 Å². The molecule has 2 unspecified atom stereocenters. The zero-order chi connectivity index (χ0) is 13.0. The van der Waals surface area contributed by atoms with Gasteiger partial charge in [-0.3, -0.25) is 0 Å². The number of hydrogen-bond donors (Lipinski definition) is 1. The molecule has 1 aromatic rings. The van der Waals surface area contributed by atoms with Gasteiger partial charge in [-0.05, 0) is 26.3 Å². The summed E-state index contributed by atoms with van der Waals surface area (Å²) >= 11 is 0. The second-order valence-electron chi connectivity index (χ2n) is 5.66. The van der Waals surface area contributed by atoms with Crippen LogP contribution < -0.4 is 5.32 Å². The number of nitrogens with one attached hydrogen (secondary N) is 1. The molecule has 0 radical (unpaired) electrons. The molecule has 1 saturated carbocycles. The van der Waals surface area contributed by atoms with Gasteiger partial charge in [0.05, 0.1) is 12.4 Å². The van der Waals surface area contributed by atoms with Gasteiger partial charge in [0.1, 0.15) is 0 Å². The van der Waals surface area contributed by atoms with E-state index in [4.69, 9.17) is 4.74 Å². The molecule has 1 aliphatic rings. The zero-order valence-corrected chi connectivity index (χ0v) is 11.7. The van der Waals surface area contributed by atoms with Crippen molar-refractivity contribution in [3.05, 3.63) is 18.7 Å². The van der Waals surface area contributed by atoms with E-state index in [1.165, 1.54) is 0 Å². The largest absolute Gasteiger partial charge is 0.378 e. The molecule has 0 aliphatic heterocycles. The fraction of sp³-hybridized carbons (Fsp3) is 0.786. The average molecular weight is 251 g/mol. The normalized spacial score (nSPS) is 25.9. The Hall–Kier alpha value is -0.870. The van der Waals surface area contributed by atoms with Crippen LogP contribution in [0.1, 0.15) is 33.6 Å². The molecule has 2 atom stereocenters. The van der Waals surface area contributed by atoms with Crippen molar-refractivity contribution in [3.8, 4) is 0 Å². The van der Waals surface area contributed by atoms with Gasteiger partial charge in [0, 0.05) is 37.0 Å². The molecule has 4 nitrogen and oxygen atoms in total. The van der Waals surface area contributed by atoms with Crippen LogP contribution >= 0.6 is 0 Å². The van der Waals surface area contributed by atoms with Gasteiger partial charge in [0.2, 0.25) is 0 Å². The van der Waals surface area contributed by atoms with Gasteiger partial charge in [-0.25, -0.2) is 4.98 Å². The van der Waals surface area contributed by atoms with Crippen molar-refractivity contribution in [1.82, 2.24) is 14.9 Å². The molecule has 0 bridgehead atoms. The first-order chi connectivity index (χ1) is 8.64. The Bertz CT molecular complexity index is 348. The van der Waals surface area contributed by atoms with E-state index < -0.39 is 0 Å². The predicted molar refractivity (Wildman–Crippen MR) is 72.4 cm³/mol. The highest BCUT2D eigenvalue weighted by atomic mass is 16.5. The van der Waals surface area contributed by atoms with E-state index in [2.05, 4.69) is 35.6 Å². The standard InChI is InChI=1S/C14H25N3O/c1-4-18-13-10-12(14(13,2)3)16-6-5-8-17-9-7-15-11-17/h7,9,11-13,16H,4-6,8,10H2,1-3H3. The molecule has 0 amide bonds. The van der Waals surface area contributed by atoms with Crippen LogP contribution in [0.2, 0.25) is 0 Å². The molecule has 1 fully saturated rings. The summed E-state index contributed by atoms with van der Waals surface area (Å²) in [6.45, 7) is 9.58. The van der Waals surface area contributed by atoms with E-state index in [1.54, 1.807) is 0 Å². The van der Waals surface area contributed by atoms with Crippen LogP contribution in [0.25, 0.3) is 0 Å². The van der Waals surface area contributed by atoms with Crippen molar-refractivity contribution in [2.75, 3.05) is 13.2 Å². The summed E-state index contributed by atoms with van der Waals surface area (Å²) < 4.78 is 7.86. The first-order valence-electron chi connectivity index (χ1n) is 6.95. The second-order valence-corrected chi connectivity index (χ2v) is 5.66. The maximum absolute atomic E-state index is 5.74. The summed E-state index contributed by atoms with van der Waals surface area (Å²) in [5, 5.41) is 3.65. The predicted octanol–water partition coefficient (Wildman–Crippen LogP) is 2.07. The zero-order valence-electron chi connectivity index (χ0n) is 11.7. The molecule has 1 N–H and O–H groups in total. The van der Waals surface area contributed by atoms with Gasteiger partial charge in [-0.15, -0.1) is 0 Å². The Labute approximate surface area is 110 Å². The minimum Gasteiger partial charge on any atom is -0.378 e. The quantitative estimate of drug-likeness (QED) is 0.754. The lowest BCUT2D eigenvalue weighted by atomic mass is 9.64. The minimum absolute atomic E-state index is 0.269. The van der Waals surface area contributed by atoms with Crippen molar-refractivity contribution < 1.29 is 4.74 Å². The van der Waals surface area contributed by atoms with Crippen molar-refractivity contribution >= 4 is 0 Å². The molecular formula is C14H25N3O. The number of nitrogens with zero attached hydrogens (tertiary/aromatic N) is 2. The highest BCUT2D eigenvalue weighted by Gasteiger charge is 2.48. The van der Waals surface area contributed by atoms with Crippen LogP contribution in [0, 0.1) is 5.41 Å². The number of imidazole rings is 1. The van der Waals surface area contributed by atoms with E-state index in [9.17, 15) is 0 Å². The number of hydrogen-bond acceptors (Lipinski definition) is 3. The molecule has 1 aromatic heterocycles. The third-order valence-corrected chi connectivity index (χ3v) is 4.09. The number of aryl methyl sites for hydroxylation is 1. The summed E-state index contributed by atoms with van der Waals surface area (Å²) in [5.41, 5.74) is 0.269. The Balaban J connectivity index is 1.63. The van der Waals surface area contributed by atoms with Crippen molar-refractivity contribution in [1.29, 1.82) is 0 Å². The third-order valence-electron chi connectivity index (χ3n) is 4.09. The molecule has 18 heavy (non-hydrogen) atoms. The van der Waals surface area contributed by atoms with Gasteiger partial charge < -0.3 is 14.6 Å². The van der Waals surface area contributed by atoms with Crippen LogP contribution in [-0.2, 0) is 11.3 Å². The Kier molecular flexibility index (Phi) is 4.40. The van der Waals surface area contributed by atoms with Gasteiger partial charge in [0.15, 0.2) is 0 Å². The van der Waals surface area contributed by atoms with Gasteiger partial charge in [-0.1, -0.05) is 13.8 Å². The van der Waals surface area contributed by atoms with E-state index in [-0.39, 0.29) is 5.41 Å². The molecule has 2 rings (SSSR count). The minimum atomic E-state index is 0.269. The topological polar surface area (TPSA) is 39.1 Å². The fourth-order valence-corrected chi connectivity index (χ4v) is 2.67. The lowest BCUT2D eigenvalue weighted by molar-refractivity contribution is -0.113. The lowest BCUT2D eigenvalue weighted by Gasteiger charge is -2.52. The number of aromatic nitrogens is 2. The summed E-state index contributed by atoms with van der Waals surface area (Å²) in [6, 6.07) is 0.594. The highest BCUT2D eigenvalue weighted by molar-refractivity contribution is 5.02. The molecule has 4 heteroatoms. The van der Waals surface area contributed by atoms with E-state index in [1.807, 2.05) is 18.7 Å². The molecular weight excluding hydrogens is 226 g/mol. The molecule has 1 aliphatic carbocycles. The number of rotatable bonds is 7. The van der Waals surface area contributed by atoms with Crippen LogP contribution in [0.15, 0.2) is 18.7 Å². The smallest absolute Gasteiger partial charge is 0.0945 e. The fourth-order valence-electron chi connectivity index (χ4n) is 2.67. The van der Waals surface area contributed by atoms with Crippen LogP contribution in [0.3, 0.4) is 0 Å². The van der Waals surface area contributed by atoms with Crippen molar-refractivity contribution in [3.63, 3.8) is 0 Å². The molecule has 1 heterocycles. The number of ether oxygens (including phenoxy) is 1. The van der Waals surface area contributed by atoms with Gasteiger partial charge >= 0.3 is 0 Å². The van der Waals surface area contributed by atoms with E-state index >= 15 is 0 Å². The molecule has 102 valence electrons. The van der Waals surface area contributed by atoms with E-state index in [0.717, 1.165) is 32.5 Å². The maximum Gasteiger partial charge on any atom is 0.0945 e. The monoisotopic (exact) mass is 251 g/mol. The summed E-state index contributed by atoms with van der Waals surface area (Å²) in [7, 11) is 0. The lowest BCUT2D eigenvalue weighted by Crippen LogP contribution is -2.61. The SMILES string of the molecule is CCOC1CC(NCCCn2ccnc2)C1(C)C. The summed E-state index contributed by atoms with van der Waals surface area (Å²) in [4.78, 5) is 4.04. The van der Waals surface area contributed by atoms with Gasteiger partial charge in [0.25, 0.3) is 0 Å². The Morgan fingerprint density at radius 3 is 2.94 bits per heavy atom. The average Bonchev–Trinajstić information content (AvgIpc) is 2.84. The van der Waals surface area contributed by atoms with E-state index in [0.29, 0.717) is 12.1 Å². The van der Waals surface area contributed by atoms with Gasteiger partial charge in [-0.2, -0.15) is 0 Å². The Morgan fingerprint density at radius 1 is 1.50 bits per heavy atom. The molecule has 0 saturated heterocycles. The second kappa shape index (κ2) is 5.85. The van der Waals surface area contributed by atoms with Crippen molar-refractivity contribution in [2.24, 2.45) is 5.41 Å². The maximum atomic E-state index is 5.74. The Morgan fingerprint density at radius 2 is 2.33 bits per heavy atom. The van der Waals surface area contributed by atoms with Crippen LogP contribution in [-0.4, -0.2) is 34.8 Å². The molecule has 0 aromatic carbocycles. The summed E-state index contributed by atoms with van der Waals surface area (Å²) in [5.74, 6) is 0. The third kappa shape index (κ3) is 2.93. The first-order valence-corrected chi connectivity index (χ1v) is 6.95. The first kappa shape index (κ1) is 13.6. The highest BCUT2D eigenvalue weighted by Crippen LogP contribution is 2.42. The summed E-state index contributed by atoms with van der Waals surface area (Å²) in [6.07, 6.45) is 8.42.